The van der Waals surface area contributed by atoms with Crippen LogP contribution < -0.4 is 0 Å². The van der Waals surface area contributed by atoms with Gasteiger partial charge in [-0.1, -0.05) is 41.7 Å². The SMILES string of the molecule is Cc1nnc(-c2cccc(-n3nc(C(=O)O)c4c3-c3ccccc3S(=O)(=O)C4)c2)s1. The number of benzene rings is 2. The van der Waals surface area contributed by atoms with E-state index in [4.69, 9.17) is 0 Å². The van der Waals surface area contributed by atoms with E-state index in [0.717, 1.165) is 15.6 Å². The zero-order valence-corrected chi connectivity index (χ0v) is 17.2. The van der Waals surface area contributed by atoms with Crippen molar-refractivity contribution < 1.29 is 18.3 Å². The molecule has 4 aromatic rings. The van der Waals surface area contributed by atoms with Gasteiger partial charge in [0.2, 0.25) is 0 Å². The monoisotopic (exact) mass is 438 g/mol. The van der Waals surface area contributed by atoms with Crippen molar-refractivity contribution in [3.05, 3.63) is 64.8 Å². The Kier molecular flexibility index (Phi) is 4.09. The molecule has 0 amide bonds. The first-order chi connectivity index (χ1) is 14.3. The lowest BCUT2D eigenvalue weighted by Crippen LogP contribution is -2.15. The maximum atomic E-state index is 12.8. The van der Waals surface area contributed by atoms with Crippen LogP contribution in [0.15, 0.2) is 53.4 Å². The van der Waals surface area contributed by atoms with E-state index >= 15 is 0 Å². The first-order valence-corrected chi connectivity index (χ1v) is 11.4. The summed E-state index contributed by atoms with van der Waals surface area (Å²) in [5.41, 5.74) is 2.27. The number of hydrogen-bond acceptors (Lipinski definition) is 7. The van der Waals surface area contributed by atoms with Gasteiger partial charge in [-0.15, -0.1) is 10.2 Å². The predicted molar refractivity (Wildman–Crippen MR) is 110 cm³/mol. The molecule has 0 fully saturated rings. The topological polar surface area (TPSA) is 115 Å². The highest BCUT2D eigenvalue weighted by molar-refractivity contribution is 7.90. The van der Waals surface area contributed by atoms with Gasteiger partial charge in [-0.2, -0.15) is 5.10 Å². The number of carboxylic acids is 1. The third-order valence-electron chi connectivity index (χ3n) is 4.86. The molecule has 1 aliphatic rings. The van der Waals surface area contributed by atoms with Gasteiger partial charge in [0.1, 0.15) is 10.0 Å². The Labute approximate surface area is 175 Å². The second-order valence-corrected chi connectivity index (χ2v) is 9.96. The number of rotatable bonds is 3. The van der Waals surface area contributed by atoms with E-state index in [1.165, 1.54) is 22.1 Å². The van der Waals surface area contributed by atoms with Crippen LogP contribution in [-0.4, -0.2) is 39.5 Å². The van der Waals surface area contributed by atoms with E-state index in [2.05, 4.69) is 15.3 Å². The fourth-order valence-corrected chi connectivity index (χ4v) is 5.89. The van der Waals surface area contributed by atoms with Crippen molar-refractivity contribution in [2.75, 3.05) is 0 Å². The smallest absolute Gasteiger partial charge is 0.356 e. The summed E-state index contributed by atoms with van der Waals surface area (Å²) in [5, 5.41) is 23.7. The lowest BCUT2D eigenvalue weighted by atomic mass is 10.1. The van der Waals surface area contributed by atoms with Crippen LogP contribution in [0.2, 0.25) is 0 Å². The van der Waals surface area contributed by atoms with Crippen LogP contribution >= 0.6 is 11.3 Å². The van der Waals surface area contributed by atoms with E-state index < -0.39 is 21.6 Å². The van der Waals surface area contributed by atoms with Crippen molar-refractivity contribution >= 4 is 27.1 Å². The molecule has 10 heteroatoms. The van der Waals surface area contributed by atoms with Gasteiger partial charge < -0.3 is 5.11 Å². The van der Waals surface area contributed by atoms with Crippen LogP contribution in [0, 0.1) is 6.92 Å². The standard InChI is InChI=1S/C20H14N4O4S2/c1-11-21-22-19(29-11)12-5-4-6-13(9-12)24-18-14-7-2-3-8-16(14)30(27,28)10-15(18)17(23-24)20(25)26/h2-9H,10H2,1H3,(H,25,26). The molecule has 0 saturated heterocycles. The summed E-state index contributed by atoms with van der Waals surface area (Å²) < 4.78 is 27.0. The molecule has 0 saturated carbocycles. The van der Waals surface area contributed by atoms with Crippen LogP contribution in [-0.2, 0) is 15.6 Å². The lowest BCUT2D eigenvalue weighted by Gasteiger charge is -2.19. The van der Waals surface area contributed by atoms with E-state index in [1.54, 1.807) is 24.3 Å². The molecule has 0 spiro atoms. The predicted octanol–water partition coefficient (Wildman–Crippen LogP) is 3.35. The fraction of sp³-hybridized carbons (Fsp3) is 0.100. The molecular formula is C20H14N4O4S2. The summed E-state index contributed by atoms with van der Waals surface area (Å²) in [5.74, 6) is -1.67. The number of aromatic carboxylic acids is 1. The van der Waals surface area contributed by atoms with Crippen molar-refractivity contribution in [3.63, 3.8) is 0 Å². The largest absolute Gasteiger partial charge is 0.476 e. The van der Waals surface area contributed by atoms with Crippen molar-refractivity contribution in [2.24, 2.45) is 0 Å². The van der Waals surface area contributed by atoms with Gasteiger partial charge in [-0.05, 0) is 25.1 Å². The van der Waals surface area contributed by atoms with Gasteiger partial charge in [-0.3, -0.25) is 0 Å². The number of carbonyl (C=O) groups is 1. The number of sulfone groups is 1. The van der Waals surface area contributed by atoms with Crippen molar-refractivity contribution in [1.82, 2.24) is 20.0 Å². The molecule has 150 valence electrons. The first kappa shape index (κ1) is 18.6. The second-order valence-electron chi connectivity index (χ2n) is 6.82. The third-order valence-corrected chi connectivity index (χ3v) is 7.44. The van der Waals surface area contributed by atoms with Crippen LogP contribution in [0.4, 0.5) is 0 Å². The number of nitrogens with zero attached hydrogens (tertiary/aromatic N) is 4. The highest BCUT2D eigenvalue weighted by Gasteiger charge is 2.35. The van der Waals surface area contributed by atoms with Crippen LogP contribution in [0.25, 0.3) is 27.5 Å². The molecule has 0 radical (unpaired) electrons. The minimum atomic E-state index is -3.66. The maximum absolute atomic E-state index is 12.8. The number of aromatic nitrogens is 4. The first-order valence-electron chi connectivity index (χ1n) is 8.93. The summed E-state index contributed by atoms with van der Waals surface area (Å²) in [4.78, 5) is 12.0. The molecule has 1 aliphatic heterocycles. The number of fused-ring (bicyclic) bond motifs is 3. The normalized spacial score (nSPS) is 14.2. The summed E-state index contributed by atoms with van der Waals surface area (Å²) in [6.45, 7) is 1.87. The Morgan fingerprint density at radius 3 is 2.67 bits per heavy atom. The molecule has 0 atom stereocenters. The van der Waals surface area contributed by atoms with E-state index in [-0.39, 0.29) is 16.2 Å². The Morgan fingerprint density at radius 2 is 1.93 bits per heavy atom. The summed E-state index contributed by atoms with van der Waals surface area (Å²) in [6.07, 6.45) is 0. The quantitative estimate of drug-likeness (QED) is 0.521. The van der Waals surface area contributed by atoms with Crippen LogP contribution in [0.1, 0.15) is 21.1 Å². The van der Waals surface area contributed by atoms with Gasteiger partial charge in [-0.25, -0.2) is 17.9 Å². The van der Waals surface area contributed by atoms with Crippen molar-refractivity contribution in [3.8, 4) is 27.5 Å². The average Bonchev–Trinajstić information content (AvgIpc) is 3.32. The minimum absolute atomic E-state index is 0.173. The summed E-state index contributed by atoms with van der Waals surface area (Å²) in [7, 11) is -3.66. The number of carboxylic acid groups (broad SMARTS) is 1. The second kappa shape index (κ2) is 6.57. The molecule has 8 nitrogen and oxygen atoms in total. The fourth-order valence-electron chi connectivity index (χ4n) is 3.61. The minimum Gasteiger partial charge on any atom is -0.476 e. The van der Waals surface area contributed by atoms with Gasteiger partial charge in [0.05, 0.1) is 22.0 Å². The highest BCUT2D eigenvalue weighted by atomic mass is 32.2. The maximum Gasteiger partial charge on any atom is 0.356 e. The molecule has 0 aliphatic carbocycles. The summed E-state index contributed by atoms with van der Waals surface area (Å²) in [6, 6.07) is 13.9. The van der Waals surface area contributed by atoms with Gasteiger partial charge >= 0.3 is 5.97 Å². The molecule has 0 bridgehead atoms. The number of hydrogen-bond donors (Lipinski definition) is 1. The summed E-state index contributed by atoms with van der Waals surface area (Å²) >= 11 is 1.45. The van der Waals surface area contributed by atoms with Gasteiger partial charge in [0.15, 0.2) is 15.5 Å². The molecule has 1 N–H and O–H groups in total. The Hall–Kier alpha value is -3.37. The number of aryl methyl sites for hydroxylation is 1. The zero-order valence-electron chi connectivity index (χ0n) is 15.6. The molecular weight excluding hydrogens is 424 g/mol. The zero-order chi connectivity index (χ0) is 21.0. The average molecular weight is 438 g/mol. The van der Waals surface area contributed by atoms with E-state index in [0.29, 0.717) is 16.9 Å². The molecule has 5 rings (SSSR count). The highest BCUT2D eigenvalue weighted by Crippen LogP contribution is 2.40. The Bertz CT molecular complexity index is 1440. The van der Waals surface area contributed by atoms with Crippen molar-refractivity contribution in [2.45, 2.75) is 17.6 Å². The van der Waals surface area contributed by atoms with Crippen molar-refractivity contribution in [1.29, 1.82) is 0 Å². The molecule has 0 unspecified atom stereocenters. The molecule has 2 aromatic heterocycles. The third kappa shape index (κ3) is 2.84. The Balaban J connectivity index is 1.78. The molecule has 3 heterocycles. The van der Waals surface area contributed by atoms with Gasteiger partial charge in [0, 0.05) is 16.7 Å². The van der Waals surface area contributed by atoms with Crippen LogP contribution in [0.3, 0.4) is 0 Å². The van der Waals surface area contributed by atoms with E-state index in [9.17, 15) is 18.3 Å². The molecule has 30 heavy (non-hydrogen) atoms. The van der Waals surface area contributed by atoms with Gasteiger partial charge in [0.25, 0.3) is 0 Å². The van der Waals surface area contributed by atoms with E-state index in [1.807, 2.05) is 25.1 Å². The lowest BCUT2D eigenvalue weighted by molar-refractivity contribution is 0.0689. The Morgan fingerprint density at radius 1 is 1.13 bits per heavy atom. The molecule has 2 aromatic carbocycles. The van der Waals surface area contributed by atoms with Crippen LogP contribution in [0.5, 0.6) is 0 Å².